The van der Waals surface area contributed by atoms with Gasteiger partial charge in [0.2, 0.25) is 0 Å². The summed E-state index contributed by atoms with van der Waals surface area (Å²) >= 11 is 0. The molecule has 41 heavy (non-hydrogen) atoms. The van der Waals surface area contributed by atoms with Gasteiger partial charge in [-0.15, -0.1) is 0 Å². The molecule has 0 bridgehead atoms. The quantitative estimate of drug-likeness (QED) is 0.237. The Hall–Kier alpha value is -4.90. The van der Waals surface area contributed by atoms with E-state index in [9.17, 15) is 5.11 Å². The van der Waals surface area contributed by atoms with Gasteiger partial charge in [-0.2, -0.15) is 0 Å². The van der Waals surface area contributed by atoms with E-state index in [1.165, 1.54) is 22.1 Å². The number of imidazole rings is 1. The topological polar surface area (TPSA) is 66.7 Å². The molecule has 0 spiro atoms. The molecule has 202 valence electrons. The predicted octanol–water partition coefficient (Wildman–Crippen LogP) is 9.01. The number of phenolic OH excluding ortho intramolecular Hbond substituents is 1. The third-order valence-corrected chi connectivity index (χ3v) is 7.89. The van der Waals surface area contributed by atoms with Crippen LogP contribution in [0.3, 0.4) is 0 Å². The summed E-state index contributed by atoms with van der Waals surface area (Å²) in [5.41, 5.74) is 11.0. The SMILES string of the molecule is Cc1cc(C)cc(-n2c(-c3cc(C(C)(C)C)cc4cc[nH]c34)nc3c(-c4ccc5cccc(O)c5n4)cccc32)c1. The third kappa shape index (κ3) is 4.16. The maximum atomic E-state index is 10.5. The minimum atomic E-state index is -0.0286. The van der Waals surface area contributed by atoms with Crippen molar-refractivity contribution >= 4 is 32.8 Å². The van der Waals surface area contributed by atoms with Gasteiger partial charge in [0.25, 0.3) is 0 Å². The van der Waals surface area contributed by atoms with Crippen LogP contribution < -0.4 is 0 Å². The number of pyridine rings is 1. The summed E-state index contributed by atoms with van der Waals surface area (Å²) in [6.07, 6.45) is 2.00. The first kappa shape index (κ1) is 25.1. The van der Waals surface area contributed by atoms with Crippen LogP contribution in [0.1, 0.15) is 37.5 Å². The molecule has 0 aliphatic carbocycles. The van der Waals surface area contributed by atoms with Gasteiger partial charge in [0.05, 0.1) is 22.2 Å². The van der Waals surface area contributed by atoms with Gasteiger partial charge in [-0.3, -0.25) is 4.57 Å². The van der Waals surface area contributed by atoms with E-state index in [1.807, 2.05) is 30.5 Å². The molecule has 0 saturated heterocycles. The first-order chi connectivity index (χ1) is 19.7. The van der Waals surface area contributed by atoms with Crippen LogP contribution in [-0.4, -0.2) is 24.6 Å². The van der Waals surface area contributed by atoms with Gasteiger partial charge in [0.1, 0.15) is 17.1 Å². The summed E-state index contributed by atoms with van der Waals surface area (Å²) in [5, 5.41) is 12.6. The molecule has 5 nitrogen and oxygen atoms in total. The predicted molar refractivity (Wildman–Crippen MR) is 169 cm³/mol. The van der Waals surface area contributed by atoms with Crippen LogP contribution in [0.25, 0.3) is 61.2 Å². The molecule has 7 rings (SSSR count). The van der Waals surface area contributed by atoms with Crippen LogP contribution in [0.15, 0.2) is 91.1 Å². The molecule has 0 atom stereocenters. The molecule has 3 heterocycles. The Morgan fingerprint density at radius 2 is 1.51 bits per heavy atom. The fourth-order valence-electron chi connectivity index (χ4n) is 5.89. The van der Waals surface area contributed by atoms with Crippen LogP contribution in [0, 0.1) is 13.8 Å². The second kappa shape index (κ2) is 9.07. The zero-order valence-electron chi connectivity index (χ0n) is 23.9. The molecule has 0 aliphatic heterocycles. The molecule has 3 aromatic heterocycles. The summed E-state index contributed by atoms with van der Waals surface area (Å²) in [6, 6.07) is 29.1. The number of aromatic nitrogens is 4. The van der Waals surface area contributed by atoms with Crippen molar-refractivity contribution in [3.05, 3.63) is 108 Å². The number of aromatic hydroxyl groups is 1. The highest BCUT2D eigenvalue weighted by atomic mass is 16.3. The number of rotatable bonds is 3. The Labute approximate surface area is 239 Å². The lowest BCUT2D eigenvalue weighted by molar-refractivity contribution is 0.480. The van der Waals surface area contributed by atoms with Crippen molar-refractivity contribution < 1.29 is 5.11 Å². The van der Waals surface area contributed by atoms with E-state index in [1.54, 1.807) is 6.07 Å². The lowest BCUT2D eigenvalue weighted by Gasteiger charge is -2.21. The third-order valence-electron chi connectivity index (χ3n) is 7.89. The van der Waals surface area contributed by atoms with Crippen molar-refractivity contribution in [3.8, 4) is 34.1 Å². The minimum absolute atomic E-state index is 0.0286. The molecule has 7 aromatic rings. The van der Waals surface area contributed by atoms with E-state index in [0.717, 1.165) is 50.3 Å². The van der Waals surface area contributed by atoms with Crippen LogP contribution >= 0.6 is 0 Å². The molecule has 0 saturated carbocycles. The molecule has 0 amide bonds. The zero-order chi connectivity index (χ0) is 28.5. The van der Waals surface area contributed by atoms with Gasteiger partial charge in [-0.1, -0.05) is 57.2 Å². The summed E-state index contributed by atoms with van der Waals surface area (Å²) in [4.78, 5) is 13.8. The number of fused-ring (bicyclic) bond motifs is 3. The van der Waals surface area contributed by atoms with Gasteiger partial charge in [-0.25, -0.2) is 9.97 Å². The fraction of sp³-hybridized carbons (Fsp3) is 0.167. The molecule has 2 N–H and O–H groups in total. The van der Waals surface area contributed by atoms with Crippen LogP contribution in [-0.2, 0) is 5.41 Å². The molecule has 4 aromatic carbocycles. The lowest BCUT2D eigenvalue weighted by Crippen LogP contribution is -2.11. The number of hydrogen-bond acceptors (Lipinski definition) is 3. The normalized spacial score (nSPS) is 12.1. The molecule has 0 fully saturated rings. The van der Waals surface area contributed by atoms with E-state index in [-0.39, 0.29) is 11.2 Å². The van der Waals surface area contributed by atoms with Gasteiger partial charge in [0, 0.05) is 33.8 Å². The monoisotopic (exact) mass is 536 g/mol. The molecule has 0 radical (unpaired) electrons. The lowest BCUT2D eigenvalue weighted by atomic mass is 9.85. The van der Waals surface area contributed by atoms with Crippen molar-refractivity contribution in [1.82, 2.24) is 19.5 Å². The van der Waals surface area contributed by atoms with Crippen molar-refractivity contribution in [2.45, 2.75) is 40.0 Å². The van der Waals surface area contributed by atoms with Gasteiger partial charge < -0.3 is 10.1 Å². The molecular formula is C36H32N4O. The molecule has 0 aliphatic rings. The number of nitrogens with zero attached hydrogens (tertiary/aromatic N) is 3. The number of benzene rings is 4. The number of nitrogens with one attached hydrogen (secondary N) is 1. The number of aryl methyl sites for hydroxylation is 2. The number of para-hydroxylation sites is 2. The molecular weight excluding hydrogens is 504 g/mol. The maximum absolute atomic E-state index is 10.5. The van der Waals surface area contributed by atoms with Crippen molar-refractivity contribution in [2.75, 3.05) is 0 Å². The largest absolute Gasteiger partial charge is 0.506 e. The van der Waals surface area contributed by atoms with E-state index < -0.39 is 0 Å². The van der Waals surface area contributed by atoms with Crippen molar-refractivity contribution in [1.29, 1.82) is 0 Å². The standard InChI is InChI=1S/C36H32N4O/c1-21-16-22(2)18-26(17-21)40-30-10-7-9-27(29-13-12-23-8-6-11-31(41)33(23)38-29)34(30)39-35(40)28-20-25(36(3,4)5)19-24-14-15-37-32(24)28/h6-20,37,41H,1-5H3. The first-order valence-electron chi connectivity index (χ1n) is 14.0. The second-order valence-electron chi connectivity index (χ2n) is 12.1. The highest BCUT2D eigenvalue weighted by molar-refractivity contribution is 6.00. The summed E-state index contributed by atoms with van der Waals surface area (Å²) in [7, 11) is 0. The Kier molecular flexibility index (Phi) is 5.55. The summed E-state index contributed by atoms with van der Waals surface area (Å²) in [5.74, 6) is 1.05. The van der Waals surface area contributed by atoms with Gasteiger partial charge in [-0.05, 0) is 84.5 Å². The number of hydrogen-bond donors (Lipinski definition) is 2. The van der Waals surface area contributed by atoms with E-state index in [0.29, 0.717) is 5.52 Å². The Balaban J connectivity index is 1.58. The maximum Gasteiger partial charge on any atom is 0.147 e. The smallest absolute Gasteiger partial charge is 0.147 e. The second-order valence-corrected chi connectivity index (χ2v) is 12.1. The van der Waals surface area contributed by atoms with Crippen molar-refractivity contribution in [2.24, 2.45) is 0 Å². The van der Waals surface area contributed by atoms with Gasteiger partial charge >= 0.3 is 0 Å². The summed E-state index contributed by atoms with van der Waals surface area (Å²) in [6.45, 7) is 11.0. The highest BCUT2D eigenvalue weighted by Gasteiger charge is 2.23. The number of H-pyrrole nitrogens is 1. The molecule has 0 unspecified atom stereocenters. The Morgan fingerprint density at radius 1 is 0.732 bits per heavy atom. The molecule has 5 heteroatoms. The first-order valence-corrected chi connectivity index (χ1v) is 14.0. The van der Waals surface area contributed by atoms with Crippen molar-refractivity contribution in [3.63, 3.8) is 0 Å². The van der Waals surface area contributed by atoms with E-state index >= 15 is 0 Å². The fourth-order valence-corrected chi connectivity index (χ4v) is 5.89. The van der Waals surface area contributed by atoms with Crippen LogP contribution in [0.4, 0.5) is 0 Å². The number of aromatic amines is 1. The summed E-state index contributed by atoms with van der Waals surface area (Å²) < 4.78 is 2.28. The average Bonchev–Trinajstić information content (AvgIpc) is 3.56. The van der Waals surface area contributed by atoms with E-state index in [2.05, 4.69) is 98.8 Å². The Morgan fingerprint density at radius 3 is 2.29 bits per heavy atom. The average molecular weight is 537 g/mol. The van der Waals surface area contributed by atoms with Crippen LogP contribution in [0.5, 0.6) is 5.75 Å². The zero-order valence-corrected chi connectivity index (χ0v) is 23.9. The van der Waals surface area contributed by atoms with E-state index in [4.69, 9.17) is 9.97 Å². The minimum Gasteiger partial charge on any atom is -0.506 e. The highest BCUT2D eigenvalue weighted by Crippen LogP contribution is 2.39. The van der Waals surface area contributed by atoms with Crippen LogP contribution in [0.2, 0.25) is 0 Å². The van der Waals surface area contributed by atoms with Gasteiger partial charge in [0.15, 0.2) is 0 Å². The Bertz CT molecular complexity index is 2100. The number of phenols is 1.